The first kappa shape index (κ1) is 30.0. The minimum Gasteiger partial charge on any atom is -0.497 e. The van der Waals surface area contributed by atoms with Crippen LogP contribution < -0.4 is 14.4 Å². The van der Waals surface area contributed by atoms with Crippen LogP contribution in [0, 0.1) is 0 Å². The van der Waals surface area contributed by atoms with Crippen molar-refractivity contribution in [2.24, 2.45) is 0 Å². The third-order valence-corrected chi connectivity index (χ3v) is 8.40. The zero-order valence-electron chi connectivity index (χ0n) is 22.5. The van der Waals surface area contributed by atoms with E-state index in [0.717, 1.165) is 10.7 Å². The number of sulfonamides is 1. The second-order valence-corrected chi connectivity index (χ2v) is 11.5. The van der Waals surface area contributed by atoms with Crippen LogP contribution in [0.3, 0.4) is 0 Å². The molecule has 2 atom stereocenters. The first-order valence-corrected chi connectivity index (χ1v) is 14.4. The van der Waals surface area contributed by atoms with Crippen LogP contribution >= 0.6 is 11.6 Å². The highest BCUT2D eigenvalue weighted by molar-refractivity contribution is 7.92. The molecule has 0 aliphatic carbocycles. The molecule has 0 bridgehead atoms. The molecule has 2 amide bonds. The van der Waals surface area contributed by atoms with E-state index in [1.54, 1.807) is 73.7 Å². The predicted octanol–water partition coefficient (Wildman–Crippen LogP) is 4.88. The quantitative estimate of drug-likeness (QED) is 0.334. The van der Waals surface area contributed by atoms with Crippen LogP contribution in [0.15, 0.2) is 83.8 Å². The van der Waals surface area contributed by atoms with E-state index in [9.17, 15) is 18.0 Å². The maximum Gasteiger partial charge on any atom is 0.264 e. The highest BCUT2D eigenvalue weighted by atomic mass is 35.5. The van der Waals surface area contributed by atoms with Crippen molar-refractivity contribution in [2.45, 2.75) is 50.7 Å². The summed E-state index contributed by atoms with van der Waals surface area (Å²) in [4.78, 5) is 28.4. The van der Waals surface area contributed by atoms with Gasteiger partial charge in [0.05, 0.1) is 17.7 Å². The average Bonchev–Trinajstić information content (AvgIpc) is 2.94. The van der Waals surface area contributed by atoms with Gasteiger partial charge in [0.1, 0.15) is 18.3 Å². The number of halogens is 1. The summed E-state index contributed by atoms with van der Waals surface area (Å²) in [6.45, 7) is 5.00. The number of rotatable bonds is 12. The number of nitrogens with zero attached hydrogens (tertiary/aromatic N) is 2. The first-order valence-electron chi connectivity index (χ1n) is 12.6. The maximum atomic E-state index is 13.9. The zero-order valence-corrected chi connectivity index (χ0v) is 24.1. The second-order valence-electron chi connectivity index (χ2n) is 9.17. The summed E-state index contributed by atoms with van der Waals surface area (Å²) in [7, 11) is -2.62. The molecular formula is C29H34ClN3O5S. The molecule has 208 valence electrons. The third kappa shape index (κ3) is 7.74. The molecule has 0 saturated carbocycles. The minimum atomic E-state index is -4.13. The van der Waals surface area contributed by atoms with Gasteiger partial charge in [-0.1, -0.05) is 48.9 Å². The zero-order chi connectivity index (χ0) is 28.6. The Morgan fingerprint density at radius 3 is 2.23 bits per heavy atom. The van der Waals surface area contributed by atoms with Crippen LogP contribution in [0.5, 0.6) is 5.75 Å². The van der Waals surface area contributed by atoms with E-state index in [0.29, 0.717) is 16.3 Å². The Balaban J connectivity index is 2.02. The molecular weight excluding hydrogens is 538 g/mol. The number of benzene rings is 3. The van der Waals surface area contributed by atoms with Gasteiger partial charge in [-0.2, -0.15) is 0 Å². The molecule has 3 rings (SSSR count). The summed E-state index contributed by atoms with van der Waals surface area (Å²) in [6, 6.07) is 20.3. The summed E-state index contributed by atoms with van der Waals surface area (Å²) >= 11 is 6.17. The molecule has 10 heteroatoms. The van der Waals surface area contributed by atoms with Gasteiger partial charge in [-0.25, -0.2) is 8.42 Å². The third-order valence-electron chi connectivity index (χ3n) is 6.38. The molecule has 0 heterocycles. The molecule has 0 spiro atoms. The molecule has 8 nitrogen and oxygen atoms in total. The lowest BCUT2D eigenvalue weighted by molar-refractivity contribution is -0.139. The monoisotopic (exact) mass is 571 g/mol. The minimum absolute atomic E-state index is 0.0394. The second kappa shape index (κ2) is 13.5. The molecule has 3 aromatic carbocycles. The average molecular weight is 572 g/mol. The van der Waals surface area contributed by atoms with Crippen LogP contribution in [-0.2, 0) is 26.2 Å². The summed E-state index contributed by atoms with van der Waals surface area (Å²) in [5, 5.41) is 3.40. The molecule has 1 N–H and O–H groups in total. The number of nitrogens with one attached hydrogen (secondary N) is 1. The van der Waals surface area contributed by atoms with Gasteiger partial charge in [0.2, 0.25) is 11.8 Å². The number of hydrogen-bond acceptors (Lipinski definition) is 5. The van der Waals surface area contributed by atoms with E-state index in [-0.39, 0.29) is 29.1 Å². The number of ether oxygens (including phenoxy) is 1. The molecule has 39 heavy (non-hydrogen) atoms. The molecule has 0 aliphatic heterocycles. The van der Waals surface area contributed by atoms with Gasteiger partial charge >= 0.3 is 0 Å². The van der Waals surface area contributed by atoms with Gasteiger partial charge in [-0.15, -0.1) is 0 Å². The Labute approximate surface area is 235 Å². The summed E-state index contributed by atoms with van der Waals surface area (Å²) < 4.78 is 33.8. The van der Waals surface area contributed by atoms with E-state index in [1.807, 2.05) is 13.8 Å². The largest absolute Gasteiger partial charge is 0.497 e. The maximum absolute atomic E-state index is 13.9. The van der Waals surface area contributed by atoms with E-state index in [1.165, 1.54) is 24.1 Å². The van der Waals surface area contributed by atoms with E-state index >= 15 is 0 Å². The molecule has 0 saturated heterocycles. The van der Waals surface area contributed by atoms with Crippen molar-refractivity contribution < 1.29 is 22.7 Å². The number of hydrogen-bond donors (Lipinski definition) is 1. The van der Waals surface area contributed by atoms with Gasteiger partial charge in [0, 0.05) is 17.6 Å². The Kier molecular flexibility index (Phi) is 10.4. The van der Waals surface area contributed by atoms with Gasteiger partial charge in [0.15, 0.2) is 0 Å². The van der Waals surface area contributed by atoms with Gasteiger partial charge in [-0.05, 0) is 74.4 Å². The fourth-order valence-corrected chi connectivity index (χ4v) is 5.53. The Morgan fingerprint density at radius 1 is 0.974 bits per heavy atom. The summed E-state index contributed by atoms with van der Waals surface area (Å²) in [5.74, 6) is -0.334. The van der Waals surface area contributed by atoms with Gasteiger partial charge < -0.3 is 15.0 Å². The Hall–Kier alpha value is -3.56. The topological polar surface area (TPSA) is 96.0 Å². The van der Waals surface area contributed by atoms with E-state index in [4.69, 9.17) is 16.3 Å². The van der Waals surface area contributed by atoms with E-state index < -0.39 is 28.5 Å². The Morgan fingerprint density at radius 2 is 1.64 bits per heavy atom. The molecule has 0 unspecified atom stereocenters. The SMILES string of the molecule is CC[C@@H](C)NC(=O)[C@H](C)N(Cc1cccc(Cl)c1)C(=O)CN(c1ccc(OC)cc1)S(=O)(=O)c1ccccc1. The van der Waals surface area contributed by atoms with Crippen molar-refractivity contribution in [3.8, 4) is 5.75 Å². The molecule has 3 aromatic rings. The van der Waals surface area contributed by atoms with Crippen LogP contribution in [-0.4, -0.2) is 50.9 Å². The molecule has 0 aliphatic rings. The van der Waals surface area contributed by atoms with Crippen molar-refractivity contribution in [1.82, 2.24) is 10.2 Å². The van der Waals surface area contributed by atoms with Crippen LogP contribution in [0.4, 0.5) is 5.69 Å². The highest BCUT2D eigenvalue weighted by Crippen LogP contribution is 2.26. The fourth-order valence-electron chi connectivity index (χ4n) is 3.88. The fraction of sp³-hybridized carbons (Fsp3) is 0.310. The van der Waals surface area contributed by atoms with Crippen LogP contribution in [0.1, 0.15) is 32.8 Å². The number of methoxy groups -OCH3 is 1. The smallest absolute Gasteiger partial charge is 0.264 e. The van der Waals surface area contributed by atoms with Crippen molar-refractivity contribution in [1.29, 1.82) is 0 Å². The number of carbonyl (C=O) groups is 2. The van der Waals surface area contributed by atoms with Crippen molar-refractivity contribution in [3.05, 3.63) is 89.4 Å². The summed E-state index contributed by atoms with van der Waals surface area (Å²) in [6.07, 6.45) is 0.723. The van der Waals surface area contributed by atoms with Crippen molar-refractivity contribution in [2.75, 3.05) is 18.0 Å². The lowest BCUT2D eigenvalue weighted by atomic mass is 10.1. The van der Waals surface area contributed by atoms with Gasteiger partial charge in [0.25, 0.3) is 10.0 Å². The standard InChI is InChI=1S/C29H34ClN3O5S/c1-5-21(2)31-29(35)22(3)32(19-23-10-9-11-24(30)18-23)28(34)20-33(25-14-16-26(38-4)17-15-25)39(36,37)27-12-7-6-8-13-27/h6-18,21-22H,5,19-20H2,1-4H3,(H,31,35)/t21-,22+/m1/s1. The first-order chi connectivity index (χ1) is 18.6. The lowest BCUT2D eigenvalue weighted by Crippen LogP contribution is -2.52. The number of anilines is 1. The Bertz CT molecular complexity index is 1370. The number of amides is 2. The predicted molar refractivity (Wildman–Crippen MR) is 153 cm³/mol. The molecule has 0 fully saturated rings. The van der Waals surface area contributed by atoms with Crippen LogP contribution in [0.2, 0.25) is 5.02 Å². The lowest BCUT2D eigenvalue weighted by Gasteiger charge is -2.32. The molecule has 0 radical (unpaired) electrons. The summed E-state index contributed by atoms with van der Waals surface area (Å²) in [5.41, 5.74) is 0.994. The van der Waals surface area contributed by atoms with Crippen LogP contribution in [0.25, 0.3) is 0 Å². The highest BCUT2D eigenvalue weighted by Gasteiger charge is 2.32. The number of carbonyl (C=O) groups excluding carboxylic acids is 2. The van der Waals surface area contributed by atoms with Crippen molar-refractivity contribution in [3.63, 3.8) is 0 Å². The molecule has 0 aromatic heterocycles. The van der Waals surface area contributed by atoms with Gasteiger partial charge in [-0.3, -0.25) is 13.9 Å². The van der Waals surface area contributed by atoms with Crippen molar-refractivity contribution >= 4 is 39.1 Å². The van der Waals surface area contributed by atoms with E-state index in [2.05, 4.69) is 5.32 Å². The normalized spacial score (nSPS) is 12.7.